The highest BCUT2D eigenvalue weighted by molar-refractivity contribution is 5.94. The lowest BCUT2D eigenvalue weighted by Crippen LogP contribution is -2.47. The van der Waals surface area contributed by atoms with Gasteiger partial charge < -0.3 is 18.9 Å². The Bertz CT molecular complexity index is 1140. The van der Waals surface area contributed by atoms with Gasteiger partial charge in [0, 0.05) is 13.6 Å². The molecule has 1 aromatic heterocycles. The van der Waals surface area contributed by atoms with Crippen molar-refractivity contribution >= 4 is 18.0 Å². The maximum Gasteiger partial charge on any atom is 0.411 e. The number of ether oxygens (including phenoxy) is 4. The van der Waals surface area contributed by atoms with Crippen molar-refractivity contribution in [2.24, 2.45) is 7.05 Å². The first kappa shape index (κ1) is 24.9. The minimum absolute atomic E-state index is 0.0171. The zero-order chi connectivity index (χ0) is 25.0. The molecule has 34 heavy (non-hydrogen) atoms. The number of hydrogen-bond acceptors (Lipinski definition) is 9. The Hall–Kier alpha value is -3.73. The van der Waals surface area contributed by atoms with Gasteiger partial charge in [0.25, 0.3) is 5.56 Å². The summed E-state index contributed by atoms with van der Waals surface area (Å²) in [5.74, 6) is -2.34. The number of amides is 1. The molecular weight excluding hydrogens is 446 g/mol. The molecule has 182 valence electrons. The Morgan fingerprint density at radius 2 is 1.79 bits per heavy atom. The van der Waals surface area contributed by atoms with E-state index in [1.54, 1.807) is 39.0 Å². The van der Waals surface area contributed by atoms with Crippen molar-refractivity contribution in [2.45, 2.75) is 32.4 Å². The predicted octanol–water partition coefficient (Wildman–Crippen LogP) is 2.09. The summed E-state index contributed by atoms with van der Waals surface area (Å²) in [5.41, 5.74) is -1.85. The van der Waals surface area contributed by atoms with Crippen LogP contribution in [-0.4, -0.2) is 65.0 Å². The smallest absolute Gasteiger partial charge is 0.411 e. The fourth-order valence-electron chi connectivity index (χ4n) is 3.31. The van der Waals surface area contributed by atoms with Gasteiger partial charge in [-0.15, -0.1) is 0 Å². The first-order valence-electron chi connectivity index (χ1n) is 10.6. The zero-order valence-electron chi connectivity index (χ0n) is 19.7. The van der Waals surface area contributed by atoms with Crippen LogP contribution in [0.4, 0.5) is 4.79 Å². The molecule has 0 saturated carbocycles. The molecule has 1 amide bonds. The minimum Gasteiger partial charge on any atom is -0.464 e. The van der Waals surface area contributed by atoms with Crippen molar-refractivity contribution in [2.75, 3.05) is 26.9 Å². The van der Waals surface area contributed by atoms with Crippen LogP contribution < -0.4 is 10.3 Å². The second-order valence-corrected chi connectivity index (χ2v) is 8.52. The van der Waals surface area contributed by atoms with Gasteiger partial charge >= 0.3 is 18.0 Å². The molecular formula is C23H27N3O8. The largest absolute Gasteiger partial charge is 0.464 e. The van der Waals surface area contributed by atoms with Crippen LogP contribution in [0.2, 0.25) is 0 Å². The third-order valence-electron chi connectivity index (χ3n) is 4.92. The molecule has 0 bridgehead atoms. The lowest BCUT2D eigenvalue weighted by molar-refractivity contribution is -0.0360. The van der Waals surface area contributed by atoms with E-state index in [1.165, 1.54) is 24.1 Å². The summed E-state index contributed by atoms with van der Waals surface area (Å²) in [7, 11) is 2.51. The molecule has 1 aliphatic rings. The predicted molar refractivity (Wildman–Crippen MR) is 119 cm³/mol. The van der Waals surface area contributed by atoms with Crippen molar-refractivity contribution in [3.8, 4) is 5.75 Å². The highest BCUT2D eigenvalue weighted by Gasteiger charge is 2.36. The highest BCUT2D eigenvalue weighted by atomic mass is 16.6. The summed E-state index contributed by atoms with van der Waals surface area (Å²) >= 11 is 0. The molecule has 1 fully saturated rings. The molecule has 11 heteroatoms. The Balaban J connectivity index is 2.06. The van der Waals surface area contributed by atoms with Gasteiger partial charge in [-0.25, -0.2) is 19.4 Å². The number of carbonyl (C=O) groups excluding carboxylic acids is 3. The fraction of sp³-hybridized carbons (Fsp3) is 0.435. The zero-order valence-corrected chi connectivity index (χ0v) is 19.7. The molecule has 1 unspecified atom stereocenters. The van der Waals surface area contributed by atoms with Crippen LogP contribution in [0.25, 0.3) is 0 Å². The monoisotopic (exact) mass is 473 g/mol. The van der Waals surface area contributed by atoms with Crippen LogP contribution in [0.3, 0.4) is 0 Å². The van der Waals surface area contributed by atoms with Crippen LogP contribution in [0.5, 0.6) is 5.75 Å². The highest BCUT2D eigenvalue weighted by Crippen LogP contribution is 2.26. The first-order chi connectivity index (χ1) is 16.0. The molecule has 11 nitrogen and oxygen atoms in total. The molecule has 3 rings (SSSR count). The van der Waals surface area contributed by atoms with Crippen molar-refractivity contribution in [1.82, 2.24) is 14.5 Å². The standard InChI is InChI=1S/C23H27N3O8/c1-23(2,3)34-22(30)26-11-12-32-13-15(26)18-24-16(21(29)31-5)17(19(27)25(18)4)33-20(28)14-9-7-6-8-10-14/h6-10,15H,11-13H2,1-5H3. The molecule has 2 aromatic rings. The lowest BCUT2D eigenvalue weighted by atomic mass is 10.2. The van der Waals surface area contributed by atoms with Gasteiger partial charge in [-0.1, -0.05) is 18.2 Å². The molecule has 0 N–H and O–H groups in total. The SMILES string of the molecule is COC(=O)c1nc(C2COCCN2C(=O)OC(C)(C)C)n(C)c(=O)c1OC(=O)c1ccccc1. The number of carbonyl (C=O) groups is 3. The van der Waals surface area contributed by atoms with E-state index in [0.29, 0.717) is 0 Å². The van der Waals surface area contributed by atoms with Gasteiger partial charge in [-0.05, 0) is 32.9 Å². The lowest BCUT2D eigenvalue weighted by Gasteiger charge is -2.36. The molecule has 1 aliphatic heterocycles. The second kappa shape index (κ2) is 10.0. The molecule has 1 atom stereocenters. The van der Waals surface area contributed by atoms with Crippen LogP contribution in [0, 0.1) is 0 Å². The summed E-state index contributed by atoms with van der Waals surface area (Å²) in [6, 6.07) is 7.16. The van der Waals surface area contributed by atoms with Crippen molar-refractivity contribution in [3.05, 3.63) is 57.8 Å². The van der Waals surface area contributed by atoms with Gasteiger partial charge in [-0.3, -0.25) is 14.3 Å². The van der Waals surface area contributed by atoms with E-state index in [-0.39, 0.29) is 31.1 Å². The van der Waals surface area contributed by atoms with Crippen molar-refractivity contribution in [3.63, 3.8) is 0 Å². The summed E-state index contributed by atoms with van der Waals surface area (Å²) in [5, 5.41) is 0. The van der Waals surface area contributed by atoms with Crippen LogP contribution in [-0.2, 0) is 21.3 Å². The number of rotatable bonds is 4. The Morgan fingerprint density at radius 1 is 1.12 bits per heavy atom. The molecule has 0 radical (unpaired) electrons. The quantitative estimate of drug-likeness (QED) is 0.614. The molecule has 1 aromatic carbocycles. The van der Waals surface area contributed by atoms with E-state index in [9.17, 15) is 19.2 Å². The number of benzene rings is 1. The number of nitrogens with zero attached hydrogens (tertiary/aromatic N) is 3. The second-order valence-electron chi connectivity index (χ2n) is 8.52. The number of esters is 2. The Morgan fingerprint density at radius 3 is 2.41 bits per heavy atom. The number of morpholine rings is 1. The van der Waals surface area contributed by atoms with E-state index in [0.717, 1.165) is 11.7 Å². The molecule has 1 saturated heterocycles. The van der Waals surface area contributed by atoms with Gasteiger partial charge in [-0.2, -0.15) is 0 Å². The first-order valence-corrected chi connectivity index (χ1v) is 10.6. The Kier molecular flexibility index (Phi) is 7.35. The molecule has 0 aliphatic carbocycles. The fourth-order valence-corrected chi connectivity index (χ4v) is 3.31. The van der Waals surface area contributed by atoms with E-state index < -0.39 is 46.7 Å². The third kappa shape index (κ3) is 5.42. The maximum atomic E-state index is 13.2. The van der Waals surface area contributed by atoms with E-state index in [4.69, 9.17) is 18.9 Å². The normalized spacial score (nSPS) is 16.0. The van der Waals surface area contributed by atoms with Gasteiger partial charge in [0.15, 0.2) is 5.69 Å². The molecule has 0 spiro atoms. The van der Waals surface area contributed by atoms with E-state index in [1.807, 2.05) is 0 Å². The van der Waals surface area contributed by atoms with Crippen molar-refractivity contribution in [1.29, 1.82) is 0 Å². The summed E-state index contributed by atoms with van der Waals surface area (Å²) in [6.45, 7) is 5.68. The maximum absolute atomic E-state index is 13.2. The minimum atomic E-state index is -0.977. The number of hydrogen-bond donors (Lipinski definition) is 0. The summed E-state index contributed by atoms with van der Waals surface area (Å²) in [6.07, 6.45) is -0.616. The van der Waals surface area contributed by atoms with Gasteiger partial charge in [0.05, 0.1) is 25.9 Å². The Labute approximate surface area is 196 Å². The number of methoxy groups -OCH3 is 1. The average molecular weight is 473 g/mol. The van der Waals surface area contributed by atoms with Gasteiger partial charge in [0.1, 0.15) is 17.5 Å². The van der Waals surface area contributed by atoms with Crippen LogP contribution in [0.1, 0.15) is 53.5 Å². The summed E-state index contributed by atoms with van der Waals surface area (Å²) in [4.78, 5) is 56.7. The molecule has 2 heterocycles. The van der Waals surface area contributed by atoms with Crippen LogP contribution in [0.15, 0.2) is 35.1 Å². The number of aromatic nitrogens is 2. The van der Waals surface area contributed by atoms with E-state index >= 15 is 0 Å². The average Bonchev–Trinajstić information content (AvgIpc) is 2.81. The van der Waals surface area contributed by atoms with E-state index in [2.05, 4.69) is 4.98 Å². The third-order valence-corrected chi connectivity index (χ3v) is 4.92. The summed E-state index contributed by atoms with van der Waals surface area (Å²) < 4.78 is 22.1. The van der Waals surface area contributed by atoms with Gasteiger partial charge in [0.2, 0.25) is 5.75 Å². The topological polar surface area (TPSA) is 126 Å². The van der Waals surface area contributed by atoms with Crippen LogP contribution >= 0.6 is 0 Å². The van der Waals surface area contributed by atoms with Crippen molar-refractivity contribution < 1.29 is 33.3 Å².